The van der Waals surface area contributed by atoms with Crippen LogP contribution in [0.3, 0.4) is 0 Å². The van der Waals surface area contributed by atoms with Crippen molar-refractivity contribution in [2.45, 2.75) is 51.5 Å². The molecule has 1 aliphatic rings. The Morgan fingerprint density at radius 2 is 2.04 bits per heavy atom. The number of aliphatic imine (C=N–C) groups is 1. The number of ether oxygens (including phenoxy) is 2. The van der Waals surface area contributed by atoms with Gasteiger partial charge in [0.1, 0.15) is 16.5 Å². The first-order valence-corrected chi connectivity index (χ1v) is 10.6. The van der Waals surface area contributed by atoms with Crippen molar-refractivity contribution >= 4 is 22.8 Å². The van der Waals surface area contributed by atoms with Gasteiger partial charge in [0.25, 0.3) is 0 Å². The molecule has 150 valence electrons. The lowest BCUT2D eigenvalue weighted by Crippen LogP contribution is -2.22. The van der Waals surface area contributed by atoms with E-state index >= 15 is 0 Å². The summed E-state index contributed by atoms with van der Waals surface area (Å²) in [4.78, 5) is 16.4. The number of nitrogens with zero attached hydrogens (tertiary/aromatic N) is 1. The number of rotatable bonds is 12. The number of phenols is 1. The number of aromatic hydroxyl groups is 1. The molecule has 1 aromatic rings. The van der Waals surface area contributed by atoms with E-state index < -0.39 is 6.04 Å². The van der Waals surface area contributed by atoms with Crippen LogP contribution in [0.5, 0.6) is 11.5 Å². The molecule has 1 unspecified atom stereocenters. The second kappa shape index (κ2) is 11.9. The molecule has 0 fully saturated rings. The van der Waals surface area contributed by atoms with Gasteiger partial charge in [0.2, 0.25) is 0 Å². The topological polar surface area (TPSA) is 88.4 Å². The number of aliphatic hydroxyl groups is 1. The number of benzene rings is 1. The summed E-state index contributed by atoms with van der Waals surface area (Å²) in [5, 5.41) is 19.7. The maximum Gasteiger partial charge on any atom is 0.331 e. The minimum absolute atomic E-state index is 0.0963. The van der Waals surface area contributed by atoms with Gasteiger partial charge in [-0.05, 0) is 37.8 Å². The number of aliphatic hydroxyl groups excluding tert-OH is 1. The minimum atomic E-state index is -0.504. The van der Waals surface area contributed by atoms with Crippen molar-refractivity contribution in [3.05, 3.63) is 23.8 Å². The third-order valence-corrected chi connectivity index (χ3v) is 5.27. The van der Waals surface area contributed by atoms with E-state index in [9.17, 15) is 9.90 Å². The van der Waals surface area contributed by atoms with Crippen molar-refractivity contribution in [2.75, 3.05) is 25.6 Å². The van der Waals surface area contributed by atoms with Crippen molar-refractivity contribution < 1.29 is 24.5 Å². The summed E-state index contributed by atoms with van der Waals surface area (Å²) in [5.74, 6) is 0.939. The molecule has 0 amide bonds. The summed E-state index contributed by atoms with van der Waals surface area (Å²) < 4.78 is 10.9. The molecule has 2 rings (SSSR count). The average molecular weight is 396 g/mol. The van der Waals surface area contributed by atoms with Crippen molar-refractivity contribution in [2.24, 2.45) is 4.99 Å². The molecule has 0 aliphatic carbocycles. The second-order valence-corrected chi connectivity index (χ2v) is 7.46. The molecule has 27 heavy (non-hydrogen) atoms. The molecule has 1 aliphatic heterocycles. The fraction of sp³-hybridized carbons (Fsp3) is 0.600. The Morgan fingerprint density at radius 3 is 2.78 bits per heavy atom. The molecule has 2 N–H and O–H groups in total. The van der Waals surface area contributed by atoms with Crippen LogP contribution in [0, 0.1) is 0 Å². The Balaban J connectivity index is 1.86. The van der Waals surface area contributed by atoms with E-state index in [4.69, 9.17) is 14.6 Å². The van der Waals surface area contributed by atoms with Gasteiger partial charge >= 0.3 is 5.97 Å². The monoisotopic (exact) mass is 395 g/mol. The first-order valence-electron chi connectivity index (χ1n) is 9.60. The van der Waals surface area contributed by atoms with E-state index in [1.54, 1.807) is 18.2 Å². The highest BCUT2D eigenvalue weighted by atomic mass is 32.2. The number of carbonyl (C=O) groups excluding carboxylic acids is 1. The van der Waals surface area contributed by atoms with Gasteiger partial charge in [0.15, 0.2) is 6.04 Å². The lowest BCUT2D eigenvalue weighted by Gasteiger charge is -2.09. The molecular formula is C20H29NO5S. The highest BCUT2D eigenvalue weighted by Gasteiger charge is 2.28. The number of thioether (sulfide) groups is 1. The number of hydrogen-bond acceptors (Lipinski definition) is 7. The van der Waals surface area contributed by atoms with Crippen molar-refractivity contribution in [1.82, 2.24) is 0 Å². The number of unbranched alkanes of at least 4 members (excludes halogenated alkanes) is 4. The molecule has 1 aromatic carbocycles. The zero-order valence-electron chi connectivity index (χ0n) is 15.9. The molecule has 1 atom stereocenters. The van der Waals surface area contributed by atoms with E-state index in [1.807, 2.05) is 6.92 Å². The van der Waals surface area contributed by atoms with Crippen LogP contribution >= 0.6 is 11.8 Å². The SMILES string of the molecule is CCCCOC(=O)C1CSC(c2ccc(OCCCCCCO)cc2O)=N1. The van der Waals surface area contributed by atoms with Crippen molar-refractivity contribution in [3.8, 4) is 11.5 Å². The van der Waals surface area contributed by atoms with Crippen LogP contribution in [-0.2, 0) is 9.53 Å². The smallest absolute Gasteiger partial charge is 0.331 e. The number of esters is 1. The fourth-order valence-electron chi connectivity index (χ4n) is 2.59. The Bertz CT molecular complexity index is 635. The van der Waals surface area contributed by atoms with E-state index in [0.29, 0.717) is 35.3 Å². The highest BCUT2D eigenvalue weighted by Crippen LogP contribution is 2.31. The van der Waals surface area contributed by atoms with Gasteiger partial charge in [-0.1, -0.05) is 19.8 Å². The number of phenolic OH excluding ortho intramolecular Hbond substituents is 1. The Kier molecular flexibility index (Phi) is 9.48. The molecule has 6 nitrogen and oxygen atoms in total. The molecule has 0 saturated heterocycles. The van der Waals surface area contributed by atoms with Gasteiger partial charge in [-0.25, -0.2) is 4.79 Å². The maximum absolute atomic E-state index is 12.0. The van der Waals surface area contributed by atoms with Crippen LogP contribution < -0.4 is 4.74 Å². The van der Waals surface area contributed by atoms with Crippen LogP contribution in [0.4, 0.5) is 0 Å². The molecule has 7 heteroatoms. The Morgan fingerprint density at radius 1 is 1.22 bits per heavy atom. The highest BCUT2D eigenvalue weighted by molar-refractivity contribution is 8.14. The summed E-state index contributed by atoms with van der Waals surface area (Å²) in [7, 11) is 0. The predicted molar refractivity (Wildman–Crippen MR) is 108 cm³/mol. The zero-order valence-corrected chi connectivity index (χ0v) is 16.7. The molecule has 0 bridgehead atoms. The van der Waals surface area contributed by atoms with E-state index in [0.717, 1.165) is 38.5 Å². The van der Waals surface area contributed by atoms with Crippen LogP contribution in [0.1, 0.15) is 51.0 Å². The minimum Gasteiger partial charge on any atom is -0.507 e. The van der Waals surface area contributed by atoms with Gasteiger partial charge in [-0.15, -0.1) is 11.8 Å². The summed E-state index contributed by atoms with van der Waals surface area (Å²) in [6, 6.07) is 4.65. The summed E-state index contributed by atoms with van der Waals surface area (Å²) in [5.41, 5.74) is 0.610. The first kappa shape index (κ1) is 21.6. The van der Waals surface area contributed by atoms with Crippen LogP contribution in [0.25, 0.3) is 0 Å². The molecule has 0 radical (unpaired) electrons. The second-order valence-electron chi connectivity index (χ2n) is 6.45. The summed E-state index contributed by atoms with van der Waals surface area (Å²) in [6.07, 6.45) is 5.56. The predicted octanol–water partition coefficient (Wildman–Crippen LogP) is 3.53. The molecule has 0 spiro atoms. The van der Waals surface area contributed by atoms with Gasteiger partial charge in [0, 0.05) is 24.0 Å². The molecule has 0 saturated carbocycles. The fourth-order valence-corrected chi connectivity index (χ4v) is 3.65. The molecule has 1 heterocycles. The van der Waals surface area contributed by atoms with E-state index in [2.05, 4.69) is 4.99 Å². The average Bonchev–Trinajstić information content (AvgIpc) is 3.15. The lowest BCUT2D eigenvalue weighted by molar-refractivity contribution is -0.144. The quantitative estimate of drug-likeness (QED) is 0.416. The van der Waals surface area contributed by atoms with Gasteiger partial charge in [-0.2, -0.15) is 0 Å². The third-order valence-electron chi connectivity index (χ3n) is 4.19. The maximum atomic E-state index is 12.0. The van der Waals surface area contributed by atoms with E-state index in [1.165, 1.54) is 11.8 Å². The van der Waals surface area contributed by atoms with Crippen LogP contribution in [0.2, 0.25) is 0 Å². The number of hydrogen-bond donors (Lipinski definition) is 2. The number of carbonyl (C=O) groups is 1. The van der Waals surface area contributed by atoms with Crippen LogP contribution in [-0.4, -0.2) is 52.8 Å². The standard InChI is InChI=1S/C20H29NO5S/c1-2-3-11-26-20(24)17-14-27-19(21-17)16-9-8-15(13-18(16)23)25-12-7-5-4-6-10-22/h8-9,13,17,22-23H,2-7,10-12,14H2,1H3. The Hall–Kier alpha value is -1.73. The zero-order chi connectivity index (χ0) is 19.5. The Labute approximate surface area is 165 Å². The van der Waals surface area contributed by atoms with Gasteiger partial charge in [-0.3, -0.25) is 4.99 Å². The molecule has 0 aromatic heterocycles. The van der Waals surface area contributed by atoms with Crippen LogP contribution in [0.15, 0.2) is 23.2 Å². The van der Waals surface area contributed by atoms with Gasteiger partial charge < -0.3 is 19.7 Å². The van der Waals surface area contributed by atoms with Crippen molar-refractivity contribution in [1.29, 1.82) is 0 Å². The first-order chi connectivity index (χ1) is 13.2. The summed E-state index contributed by atoms with van der Waals surface area (Å²) >= 11 is 1.45. The largest absolute Gasteiger partial charge is 0.507 e. The molecular weight excluding hydrogens is 366 g/mol. The third kappa shape index (κ3) is 7.07. The normalized spacial score (nSPS) is 16.2. The summed E-state index contributed by atoms with van der Waals surface area (Å²) in [6.45, 7) is 3.28. The lowest BCUT2D eigenvalue weighted by atomic mass is 10.2. The van der Waals surface area contributed by atoms with Crippen molar-refractivity contribution in [3.63, 3.8) is 0 Å². The van der Waals surface area contributed by atoms with Gasteiger partial charge in [0.05, 0.1) is 13.2 Å². The van der Waals surface area contributed by atoms with E-state index in [-0.39, 0.29) is 18.3 Å².